The Kier molecular flexibility index (Phi) is 8.87. The first-order valence-corrected chi connectivity index (χ1v) is 16.8. The molecule has 3 N–H and O–H groups in total. The van der Waals surface area contributed by atoms with E-state index in [9.17, 15) is 19.2 Å². The van der Waals surface area contributed by atoms with Gasteiger partial charge in [0.15, 0.2) is 18.2 Å². The first-order chi connectivity index (χ1) is 24.1. The van der Waals surface area contributed by atoms with Gasteiger partial charge in [-0.2, -0.15) is 10.1 Å². The van der Waals surface area contributed by atoms with E-state index >= 15 is 0 Å². The normalized spacial score (nSPS) is 16.9. The molecule has 2 aliphatic rings. The van der Waals surface area contributed by atoms with E-state index in [-0.39, 0.29) is 35.6 Å². The Morgan fingerprint density at radius 2 is 1.84 bits per heavy atom. The van der Waals surface area contributed by atoms with Gasteiger partial charge in [-0.1, -0.05) is 23.7 Å². The average Bonchev–Trinajstić information content (AvgIpc) is 3.45. The van der Waals surface area contributed by atoms with Crippen molar-refractivity contribution in [3.8, 4) is 5.75 Å². The van der Waals surface area contributed by atoms with Crippen LogP contribution in [-0.4, -0.2) is 68.8 Å². The Hall–Kier alpha value is -5.50. The van der Waals surface area contributed by atoms with Crippen molar-refractivity contribution in [3.05, 3.63) is 75.3 Å². The number of ether oxygens (including phenoxy) is 1. The number of anilines is 3. The Bertz CT molecular complexity index is 2220. The van der Waals surface area contributed by atoms with Crippen LogP contribution in [0.25, 0.3) is 21.8 Å². The topological polar surface area (TPSA) is 165 Å². The first-order valence-electron chi connectivity index (χ1n) is 16.4. The summed E-state index contributed by atoms with van der Waals surface area (Å²) in [5.41, 5.74) is 3.94. The smallest absolute Gasteiger partial charge is 0.293 e. The second-order valence-corrected chi connectivity index (χ2v) is 13.1. The number of benzene rings is 2. The molecule has 0 aliphatic carbocycles. The molecule has 0 radical (unpaired) electrons. The fraction of sp³-hybridized carbons (Fsp3) is 0.343. The van der Waals surface area contributed by atoms with Gasteiger partial charge < -0.3 is 24.8 Å². The molecule has 1 unspecified atom stereocenters. The molecule has 5 aromatic rings. The minimum absolute atomic E-state index is 0.0729. The second-order valence-electron chi connectivity index (χ2n) is 12.7. The Morgan fingerprint density at radius 3 is 2.60 bits per heavy atom. The molecule has 0 bridgehead atoms. The van der Waals surface area contributed by atoms with Gasteiger partial charge >= 0.3 is 0 Å². The summed E-state index contributed by atoms with van der Waals surface area (Å²) in [5.74, 6) is 0.122. The summed E-state index contributed by atoms with van der Waals surface area (Å²) in [5, 5.41) is 14.9. The molecule has 2 saturated heterocycles. The fourth-order valence-corrected chi connectivity index (χ4v) is 6.90. The molecule has 3 amide bonds. The number of fused-ring (bicyclic) bond motifs is 2. The maximum Gasteiger partial charge on any atom is 0.293 e. The van der Waals surface area contributed by atoms with Gasteiger partial charge in [0, 0.05) is 57.1 Å². The number of aryl methyl sites for hydroxylation is 2. The minimum Gasteiger partial charge on any atom is -0.478 e. The van der Waals surface area contributed by atoms with E-state index in [1.54, 1.807) is 19.3 Å². The van der Waals surface area contributed by atoms with Gasteiger partial charge in [-0.25, -0.2) is 4.98 Å². The Balaban J connectivity index is 1.05. The third kappa shape index (κ3) is 6.33. The van der Waals surface area contributed by atoms with Crippen LogP contribution in [0.1, 0.15) is 48.8 Å². The number of carbonyl (C=O) groups is 3. The summed E-state index contributed by atoms with van der Waals surface area (Å²) in [4.78, 5) is 60.1. The Labute approximate surface area is 291 Å². The number of nitrogens with one attached hydrogen (secondary N) is 3. The van der Waals surface area contributed by atoms with Crippen molar-refractivity contribution >= 4 is 68.6 Å². The number of imide groups is 1. The molecule has 0 saturated carbocycles. The molecule has 14 nitrogen and oxygen atoms in total. The van der Waals surface area contributed by atoms with Crippen LogP contribution in [0, 0.1) is 0 Å². The van der Waals surface area contributed by atoms with Crippen LogP contribution >= 0.6 is 11.6 Å². The van der Waals surface area contributed by atoms with E-state index < -0.39 is 5.92 Å². The number of likely N-dealkylation sites (N-methyl/N-ethyl adjacent to an activating group) is 1. The zero-order chi connectivity index (χ0) is 35.1. The molecule has 3 aromatic heterocycles. The standard InChI is InChI=1S/C35H36ClN9O5/c1-37-30(47)18-50-28-16-21-14-22(5-8-26(21)43(2)34(28)49)39-32-25(36)17-38-35(41-32)45-12-10-19(11-13-45)20-4-6-23-27(15-20)44(3)42-31(23)24-7-9-29(46)40-33(24)48/h4-6,8,14-17,19,24H,7,9-13,18H2,1-3H3,(H,37,47)(H,38,39,41)(H,40,46,48). The van der Waals surface area contributed by atoms with E-state index in [4.69, 9.17) is 21.3 Å². The monoisotopic (exact) mass is 697 g/mol. The van der Waals surface area contributed by atoms with Crippen LogP contribution in [0.2, 0.25) is 5.02 Å². The third-order valence-corrected chi connectivity index (χ3v) is 9.82. The molecule has 1 atom stereocenters. The van der Waals surface area contributed by atoms with Crippen LogP contribution in [0.4, 0.5) is 17.5 Å². The maximum absolute atomic E-state index is 12.8. The lowest BCUT2D eigenvalue weighted by atomic mass is 9.88. The molecule has 15 heteroatoms. The summed E-state index contributed by atoms with van der Waals surface area (Å²) in [6.45, 7) is 1.23. The lowest BCUT2D eigenvalue weighted by molar-refractivity contribution is -0.134. The third-order valence-electron chi connectivity index (χ3n) is 9.55. The number of hydrogen-bond donors (Lipinski definition) is 3. The largest absolute Gasteiger partial charge is 0.478 e. The molecule has 2 aromatic carbocycles. The van der Waals surface area contributed by atoms with Gasteiger partial charge in [0.25, 0.3) is 11.5 Å². The van der Waals surface area contributed by atoms with Crippen molar-refractivity contribution in [1.82, 2.24) is 34.9 Å². The number of pyridine rings is 1. The van der Waals surface area contributed by atoms with E-state index in [0.29, 0.717) is 52.4 Å². The molecule has 2 aliphatic heterocycles. The highest BCUT2D eigenvalue weighted by Gasteiger charge is 2.32. The summed E-state index contributed by atoms with van der Waals surface area (Å²) in [6.07, 6.45) is 4.15. The number of carbonyl (C=O) groups excluding carboxylic acids is 3. The number of nitrogens with zero attached hydrogens (tertiary/aromatic N) is 6. The predicted octanol–water partition coefficient (Wildman–Crippen LogP) is 3.64. The lowest BCUT2D eigenvalue weighted by Crippen LogP contribution is -2.39. The zero-order valence-corrected chi connectivity index (χ0v) is 28.6. The van der Waals surface area contributed by atoms with E-state index in [2.05, 4.69) is 49.1 Å². The molecular formula is C35H36ClN9O5. The number of piperidine rings is 2. The Morgan fingerprint density at radius 1 is 1.04 bits per heavy atom. The first kappa shape index (κ1) is 33.0. The van der Waals surface area contributed by atoms with Crippen LogP contribution in [0.5, 0.6) is 5.75 Å². The quantitative estimate of drug-likeness (QED) is 0.204. The summed E-state index contributed by atoms with van der Waals surface area (Å²) < 4.78 is 8.79. The number of aromatic nitrogens is 5. The van der Waals surface area contributed by atoms with Crippen molar-refractivity contribution in [1.29, 1.82) is 0 Å². The molecule has 0 spiro atoms. The van der Waals surface area contributed by atoms with E-state index in [0.717, 1.165) is 42.2 Å². The van der Waals surface area contributed by atoms with Crippen molar-refractivity contribution in [2.75, 3.05) is 37.0 Å². The van der Waals surface area contributed by atoms with Crippen LogP contribution in [0.3, 0.4) is 0 Å². The highest BCUT2D eigenvalue weighted by Crippen LogP contribution is 2.35. The lowest BCUT2D eigenvalue weighted by Gasteiger charge is -2.32. The van der Waals surface area contributed by atoms with Crippen molar-refractivity contribution < 1.29 is 19.1 Å². The minimum atomic E-state index is -0.436. The average molecular weight is 698 g/mol. The number of amides is 3. The highest BCUT2D eigenvalue weighted by atomic mass is 35.5. The van der Waals surface area contributed by atoms with Crippen molar-refractivity contribution in [2.24, 2.45) is 14.1 Å². The molecule has 5 heterocycles. The molecular weight excluding hydrogens is 662 g/mol. The molecule has 50 heavy (non-hydrogen) atoms. The van der Waals surface area contributed by atoms with Crippen molar-refractivity contribution in [3.63, 3.8) is 0 Å². The van der Waals surface area contributed by atoms with Crippen LogP contribution < -0.4 is 31.1 Å². The van der Waals surface area contributed by atoms with Gasteiger partial charge in [0.05, 0.1) is 28.8 Å². The van der Waals surface area contributed by atoms with E-state index in [1.165, 1.54) is 17.2 Å². The van der Waals surface area contributed by atoms with Gasteiger partial charge in [0.1, 0.15) is 5.02 Å². The zero-order valence-electron chi connectivity index (χ0n) is 27.8. The van der Waals surface area contributed by atoms with Gasteiger partial charge in [-0.15, -0.1) is 0 Å². The summed E-state index contributed by atoms with van der Waals surface area (Å²) in [6, 6.07) is 13.5. The number of rotatable bonds is 8. The van der Waals surface area contributed by atoms with Gasteiger partial charge in [0.2, 0.25) is 17.8 Å². The highest BCUT2D eigenvalue weighted by molar-refractivity contribution is 6.33. The van der Waals surface area contributed by atoms with E-state index in [1.807, 2.05) is 29.9 Å². The van der Waals surface area contributed by atoms with Gasteiger partial charge in [-0.3, -0.25) is 29.2 Å². The molecule has 2 fully saturated rings. The summed E-state index contributed by atoms with van der Waals surface area (Å²) >= 11 is 6.53. The second kappa shape index (κ2) is 13.4. The molecule has 7 rings (SSSR count). The van der Waals surface area contributed by atoms with Crippen LogP contribution in [-0.2, 0) is 28.5 Å². The summed E-state index contributed by atoms with van der Waals surface area (Å²) in [7, 11) is 5.04. The number of halogens is 1. The van der Waals surface area contributed by atoms with Crippen molar-refractivity contribution in [2.45, 2.75) is 37.5 Å². The SMILES string of the molecule is CNC(=O)COc1cc2cc(Nc3nc(N4CCC(c5ccc6c(C7CCC(=O)NC7=O)nn(C)c6c5)CC4)ncc3Cl)ccc2n(C)c1=O. The van der Waals surface area contributed by atoms with Gasteiger partial charge in [-0.05, 0) is 61.1 Å². The van der Waals surface area contributed by atoms with Crippen LogP contribution in [0.15, 0.2) is 53.5 Å². The maximum atomic E-state index is 12.8. The fourth-order valence-electron chi connectivity index (χ4n) is 6.77. The molecule has 258 valence electrons. The predicted molar refractivity (Wildman–Crippen MR) is 189 cm³/mol. The number of hydrogen-bond acceptors (Lipinski definition) is 10.